The second-order valence-corrected chi connectivity index (χ2v) is 7.19. The molecule has 1 saturated carbocycles. The summed E-state index contributed by atoms with van der Waals surface area (Å²) >= 11 is 0. The minimum atomic E-state index is -0.331. The molecule has 142 valence electrons. The van der Waals surface area contributed by atoms with Crippen molar-refractivity contribution in [3.8, 4) is 0 Å². The number of carbonyl (C=O) groups excluding carboxylic acids is 2. The number of piperazine rings is 1. The van der Waals surface area contributed by atoms with E-state index in [1.54, 1.807) is 12.1 Å². The second kappa shape index (κ2) is 8.60. The second-order valence-electron chi connectivity index (χ2n) is 7.19. The fourth-order valence-corrected chi connectivity index (χ4v) is 3.94. The fourth-order valence-electron chi connectivity index (χ4n) is 3.94. The summed E-state index contributed by atoms with van der Waals surface area (Å²) in [5, 5.41) is 2.77. The normalized spacial score (nSPS) is 23.8. The van der Waals surface area contributed by atoms with Crippen molar-refractivity contribution in [2.45, 2.75) is 19.3 Å². The Morgan fingerprint density at radius 1 is 1.12 bits per heavy atom. The van der Waals surface area contributed by atoms with E-state index in [4.69, 9.17) is 5.73 Å². The van der Waals surface area contributed by atoms with Crippen LogP contribution in [0.5, 0.6) is 0 Å². The number of rotatable bonds is 5. The maximum absolute atomic E-state index is 12.9. The zero-order valence-corrected chi connectivity index (χ0v) is 15.0. The zero-order valence-electron chi connectivity index (χ0n) is 15.0. The molecule has 1 aliphatic carbocycles. The molecule has 1 aromatic rings. The van der Waals surface area contributed by atoms with Crippen molar-refractivity contribution in [3.05, 3.63) is 30.1 Å². The Morgan fingerprint density at radius 2 is 1.81 bits per heavy atom. The van der Waals surface area contributed by atoms with Gasteiger partial charge in [-0.05, 0) is 49.6 Å². The van der Waals surface area contributed by atoms with Gasteiger partial charge in [-0.2, -0.15) is 0 Å². The van der Waals surface area contributed by atoms with Crippen LogP contribution in [0, 0.1) is 17.7 Å². The predicted molar refractivity (Wildman–Crippen MR) is 97.9 cm³/mol. The van der Waals surface area contributed by atoms with Crippen LogP contribution >= 0.6 is 0 Å². The summed E-state index contributed by atoms with van der Waals surface area (Å²) in [6, 6.07) is 5.72. The third kappa shape index (κ3) is 4.59. The molecule has 2 amide bonds. The molecule has 2 fully saturated rings. The maximum Gasteiger partial charge on any atom is 0.238 e. The number of nitrogens with zero attached hydrogens (tertiary/aromatic N) is 2. The van der Waals surface area contributed by atoms with E-state index >= 15 is 0 Å². The van der Waals surface area contributed by atoms with Gasteiger partial charge in [0.1, 0.15) is 5.82 Å². The van der Waals surface area contributed by atoms with E-state index in [9.17, 15) is 14.0 Å². The van der Waals surface area contributed by atoms with Crippen LogP contribution < -0.4 is 11.1 Å². The Hall–Kier alpha value is -1.99. The minimum Gasteiger partial charge on any atom is -0.340 e. The van der Waals surface area contributed by atoms with E-state index in [1.807, 2.05) is 9.80 Å². The fraction of sp³-hybridized carbons (Fsp3) is 0.579. The molecule has 0 spiro atoms. The van der Waals surface area contributed by atoms with Gasteiger partial charge in [0.2, 0.25) is 11.8 Å². The lowest BCUT2D eigenvalue weighted by atomic mass is 9.94. The molecule has 0 bridgehead atoms. The third-order valence-corrected chi connectivity index (χ3v) is 5.46. The molecule has 26 heavy (non-hydrogen) atoms. The maximum atomic E-state index is 12.9. The molecule has 6 nitrogen and oxygen atoms in total. The highest BCUT2D eigenvalue weighted by Crippen LogP contribution is 2.32. The van der Waals surface area contributed by atoms with Crippen LogP contribution in [-0.4, -0.2) is 60.9 Å². The summed E-state index contributed by atoms with van der Waals surface area (Å²) < 4.78 is 12.9. The highest BCUT2D eigenvalue weighted by molar-refractivity contribution is 5.92. The average Bonchev–Trinajstić information content (AvgIpc) is 3.12. The molecule has 2 atom stereocenters. The Labute approximate surface area is 153 Å². The number of anilines is 1. The van der Waals surface area contributed by atoms with Crippen molar-refractivity contribution in [3.63, 3.8) is 0 Å². The van der Waals surface area contributed by atoms with Crippen LogP contribution in [0.4, 0.5) is 10.1 Å². The first kappa shape index (κ1) is 18.8. The molecule has 1 aliphatic heterocycles. The van der Waals surface area contributed by atoms with Crippen LogP contribution in [0.1, 0.15) is 19.3 Å². The summed E-state index contributed by atoms with van der Waals surface area (Å²) in [4.78, 5) is 28.8. The number of benzene rings is 1. The number of amides is 2. The zero-order chi connectivity index (χ0) is 18.5. The van der Waals surface area contributed by atoms with Crippen molar-refractivity contribution >= 4 is 17.5 Å². The standard InChI is InChI=1S/C19H27FN4O2/c20-15-4-6-16(7-5-15)22-18(25)13-23-8-10-24(11-9-23)19(26)17-3-1-2-14(17)12-21/h4-7,14,17H,1-3,8-13,21H2,(H,22,25)/t14-,17-/m1/s1. The van der Waals surface area contributed by atoms with Gasteiger partial charge in [-0.1, -0.05) is 6.42 Å². The number of hydrogen-bond donors (Lipinski definition) is 2. The van der Waals surface area contributed by atoms with Gasteiger partial charge in [0.05, 0.1) is 6.54 Å². The summed E-state index contributed by atoms with van der Waals surface area (Å²) in [7, 11) is 0. The topological polar surface area (TPSA) is 78.7 Å². The highest BCUT2D eigenvalue weighted by atomic mass is 19.1. The number of halogens is 1. The Balaban J connectivity index is 1.44. The first-order valence-corrected chi connectivity index (χ1v) is 9.33. The summed E-state index contributed by atoms with van der Waals surface area (Å²) in [6.45, 7) is 3.52. The van der Waals surface area contributed by atoms with E-state index in [2.05, 4.69) is 5.32 Å². The van der Waals surface area contributed by atoms with Crippen molar-refractivity contribution in [2.75, 3.05) is 44.6 Å². The van der Waals surface area contributed by atoms with Crippen molar-refractivity contribution in [2.24, 2.45) is 17.6 Å². The van der Waals surface area contributed by atoms with E-state index in [0.717, 1.165) is 19.3 Å². The first-order valence-electron chi connectivity index (χ1n) is 9.33. The Morgan fingerprint density at radius 3 is 2.46 bits per heavy atom. The number of hydrogen-bond acceptors (Lipinski definition) is 4. The molecule has 1 saturated heterocycles. The van der Waals surface area contributed by atoms with E-state index < -0.39 is 0 Å². The van der Waals surface area contributed by atoms with E-state index in [1.165, 1.54) is 12.1 Å². The molecule has 0 unspecified atom stereocenters. The summed E-state index contributed by atoms with van der Waals surface area (Å²) in [5.41, 5.74) is 6.38. The molecule has 0 radical (unpaired) electrons. The average molecular weight is 362 g/mol. The monoisotopic (exact) mass is 362 g/mol. The van der Waals surface area contributed by atoms with Crippen molar-refractivity contribution in [1.29, 1.82) is 0 Å². The molecule has 1 heterocycles. The van der Waals surface area contributed by atoms with Gasteiger partial charge in [-0.15, -0.1) is 0 Å². The summed E-state index contributed by atoms with van der Waals surface area (Å²) in [6.07, 6.45) is 3.08. The largest absolute Gasteiger partial charge is 0.340 e. The smallest absolute Gasteiger partial charge is 0.238 e. The minimum absolute atomic E-state index is 0.0772. The van der Waals surface area contributed by atoms with Gasteiger partial charge in [-0.25, -0.2) is 4.39 Å². The lowest BCUT2D eigenvalue weighted by Crippen LogP contribution is -2.52. The molecular weight excluding hydrogens is 335 g/mol. The number of nitrogens with two attached hydrogens (primary N) is 1. The Bertz CT molecular complexity index is 629. The molecule has 7 heteroatoms. The number of carbonyl (C=O) groups is 2. The van der Waals surface area contributed by atoms with Crippen molar-refractivity contribution in [1.82, 2.24) is 9.80 Å². The van der Waals surface area contributed by atoms with Crippen LogP contribution in [0.2, 0.25) is 0 Å². The van der Waals surface area contributed by atoms with Crippen LogP contribution in [0.25, 0.3) is 0 Å². The van der Waals surface area contributed by atoms with Gasteiger partial charge >= 0.3 is 0 Å². The van der Waals surface area contributed by atoms with Crippen molar-refractivity contribution < 1.29 is 14.0 Å². The first-order chi connectivity index (χ1) is 12.6. The SMILES string of the molecule is NC[C@H]1CCC[C@H]1C(=O)N1CCN(CC(=O)Nc2ccc(F)cc2)CC1. The molecule has 3 rings (SSSR count). The lowest BCUT2D eigenvalue weighted by molar-refractivity contribution is -0.138. The lowest BCUT2D eigenvalue weighted by Gasteiger charge is -2.36. The van der Waals surface area contributed by atoms with Crippen LogP contribution in [0.3, 0.4) is 0 Å². The molecule has 3 N–H and O–H groups in total. The van der Waals surface area contributed by atoms with Gasteiger partial charge in [0, 0.05) is 37.8 Å². The number of nitrogens with one attached hydrogen (secondary N) is 1. The molecule has 2 aliphatic rings. The van der Waals surface area contributed by atoms with Gasteiger partial charge in [0.25, 0.3) is 0 Å². The van der Waals surface area contributed by atoms with E-state index in [-0.39, 0.29) is 30.1 Å². The van der Waals surface area contributed by atoms with Gasteiger partial charge < -0.3 is 16.0 Å². The van der Waals surface area contributed by atoms with E-state index in [0.29, 0.717) is 44.3 Å². The third-order valence-electron chi connectivity index (χ3n) is 5.46. The quantitative estimate of drug-likeness (QED) is 0.827. The molecule has 1 aromatic carbocycles. The molecular formula is C19H27FN4O2. The summed E-state index contributed by atoms with van der Waals surface area (Å²) in [5.74, 6) is 0.169. The Kier molecular flexibility index (Phi) is 6.21. The van der Waals surface area contributed by atoms with Crippen LogP contribution in [-0.2, 0) is 9.59 Å². The molecule has 0 aromatic heterocycles. The van der Waals surface area contributed by atoms with Gasteiger partial charge in [-0.3, -0.25) is 14.5 Å². The van der Waals surface area contributed by atoms with Gasteiger partial charge in [0.15, 0.2) is 0 Å². The predicted octanol–water partition coefficient (Wildman–Crippen LogP) is 1.28. The highest BCUT2D eigenvalue weighted by Gasteiger charge is 2.35. The van der Waals surface area contributed by atoms with Crippen LogP contribution in [0.15, 0.2) is 24.3 Å².